The average Bonchev–Trinajstić information content (AvgIpc) is 3.65. The Labute approximate surface area is 326 Å². The van der Waals surface area contributed by atoms with Crippen LogP contribution in [0.15, 0.2) is 192 Å². The number of fused-ring (bicyclic) bond motifs is 4. The Kier molecular flexibility index (Phi) is 7.53. The molecule has 6 aromatic carbocycles. The van der Waals surface area contributed by atoms with Gasteiger partial charge >= 0.3 is 0 Å². The maximum atomic E-state index is 5.33. The number of nitrogens with zero attached hydrogens (tertiary/aromatic N) is 4. The molecule has 2 heterocycles. The van der Waals surface area contributed by atoms with Gasteiger partial charge in [-0.3, -0.25) is 14.5 Å². The van der Waals surface area contributed by atoms with E-state index in [0.29, 0.717) is 0 Å². The van der Waals surface area contributed by atoms with Crippen LogP contribution in [0.2, 0.25) is 0 Å². The van der Waals surface area contributed by atoms with Crippen molar-refractivity contribution in [3.63, 3.8) is 0 Å². The first-order valence-corrected chi connectivity index (χ1v) is 19.7. The number of aliphatic imine (C=N–C) groups is 1. The van der Waals surface area contributed by atoms with Gasteiger partial charge in [-0.25, -0.2) is 4.98 Å². The minimum Gasteiger partial charge on any atom is -0.294 e. The predicted molar refractivity (Wildman–Crippen MR) is 233 cm³/mol. The fourth-order valence-electron chi connectivity index (χ4n) is 9.48. The molecule has 56 heavy (non-hydrogen) atoms. The van der Waals surface area contributed by atoms with Crippen molar-refractivity contribution in [2.24, 2.45) is 10.4 Å². The minimum absolute atomic E-state index is 0.342. The van der Waals surface area contributed by atoms with Crippen molar-refractivity contribution in [2.75, 3.05) is 11.4 Å². The third-order valence-corrected chi connectivity index (χ3v) is 12.1. The molecule has 0 amide bonds. The molecule has 0 saturated carbocycles. The molecule has 4 heteroatoms. The smallest absolute Gasteiger partial charge is 0.145 e. The van der Waals surface area contributed by atoms with Crippen molar-refractivity contribution in [3.05, 3.63) is 208 Å². The Morgan fingerprint density at radius 2 is 1.39 bits per heavy atom. The molecule has 0 bridgehead atoms. The van der Waals surface area contributed by atoms with Crippen molar-refractivity contribution < 1.29 is 0 Å². The lowest BCUT2D eigenvalue weighted by atomic mass is 9.65. The van der Waals surface area contributed by atoms with Crippen molar-refractivity contribution in [1.82, 2.24) is 9.55 Å². The van der Waals surface area contributed by atoms with Gasteiger partial charge in [0.25, 0.3) is 0 Å². The van der Waals surface area contributed by atoms with Gasteiger partial charge in [0.2, 0.25) is 0 Å². The van der Waals surface area contributed by atoms with Gasteiger partial charge in [0.1, 0.15) is 11.7 Å². The normalized spacial score (nSPS) is 18.8. The van der Waals surface area contributed by atoms with Crippen LogP contribution in [0.5, 0.6) is 0 Å². The Hall–Kier alpha value is -6.78. The molecule has 0 saturated heterocycles. The Balaban J connectivity index is 1.26. The quantitative estimate of drug-likeness (QED) is 0.177. The summed E-state index contributed by atoms with van der Waals surface area (Å²) in [5.41, 5.74) is 12.8. The van der Waals surface area contributed by atoms with Crippen LogP contribution in [-0.2, 0) is 0 Å². The highest BCUT2D eigenvalue weighted by Crippen LogP contribution is 2.51. The third-order valence-electron chi connectivity index (χ3n) is 12.1. The zero-order chi connectivity index (χ0) is 37.2. The van der Waals surface area contributed by atoms with Gasteiger partial charge in [-0.1, -0.05) is 140 Å². The van der Waals surface area contributed by atoms with Gasteiger partial charge in [-0.05, 0) is 100 Å². The minimum atomic E-state index is -0.342. The topological polar surface area (TPSA) is 33.4 Å². The molecular formula is C52H40N4. The van der Waals surface area contributed by atoms with Crippen LogP contribution < -0.4 is 15.3 Å². The summed E-state index contributed by atoms with van der Waals surface area (Å²) in [5, 5.41) is 4.96. The van der Waals surface area contributed by atoms with E-state index >= 15 is 0 Å². The zero-order valence-electron chi connectivity index (χ0n) is 31.4. The van der Waals surface area contributed by atoms with Crippen molar-refractivity contribution in [3.8, 4) is 11.4 Å². The Morgan fingerprint density at radius 3 is 2.25 bits per heavy atom. The van der Waals surface area contributed by atoms with E-state index in [4.69, 9.17) is 9.98 Å². The molecule has 4 nitrogen and oxygen atoms in total. The predicted octanol–water partition coefficient (Wildman–Crippen LogP) is 10.6. The number of imidazole rings is 1. The SMILES string of the molecule is CC12CC=CC(n3c(-c4ccccc4)nc4ccccc43)=C1C=c1c(N3C(c4ccccc4)=NCC4=C3C=CCC4)cccc1=C2c1ccc2ccccc2c1. The summed E-state index contributed by atoms with van der Waals surface area (Å²) in [6.45, 7) is 3.17. The van der Waals surface area contributed by atoms with Gasteiger partial charge in [-0.15, -0.1) is 0 Å². The van der Waals surface area contributed by atoms with Gasteiger partial charge in [0, 0.05) is 27.5 Å². The Morgan fingerprint density at radius 1 is 0.643 bits per heavy atom. The van der Waals surface area contributed by atoms with Crippen molar-refractivity contribution >= 4 is 50.7 Å². The molecule has 1 aliphatic heterocycles. The number of benzene rings is 6. The van der Waals surface area contributed by atoms with E-state index in [1.54, 1.807) is 0 Å². The molecule has 3 aliphatic carbocycles. The molecule has 0 N–H and O–H groups in total. The van der Waals surface area contributed by atoms with E-state index in [9.17, 15) is 0 Å². The van der Waals surface area contributed by atoms with E-state index in [0.717, 1.165) is 71.0 Å². The fraction of sp³-hybridized carbons (Fsp3) is 0.115. The second-order valence-corrected chi connectivity index (χ2v) is 15.5. The molecule has 268 valence electrons. The first-order chi connectivity index (χ1) is 27.7. The first kappa shape index (κ1) is 32.6. The maximum absolute atomic E-state index is 5.33. The molecule has 1 unspecified atom stereocenters. The van der Waals surface area contributed by atoms with Crippen LogP contribution in [0, 0.1) is 5.41 Å². The average molecular weight is 721 g/mol. The highest BCUT2D eigenvalue weighted by molar-refractivity contribution is 6.13. The molecule has 0 spiro atoms. The molecule has 0 fully saturated rings. The summed E-state index contributed by atoms with van der Waals surface area (Å²) >= 11 is 0. The number of allylic oxidation sites excluding steroid dienone is 6. The van der Waals surface area contributed by atoms with Crippen LogP contribution in [0.1, 0.15) is 37.3 Å². The monoisotopic (exact) mass is 720 g/mol. The fourth-order valence-corrected chi connectivity index (χ4v) is 9.48. The maximum Gasteiger partial charge on any atom is 0.145 e. The highest BCUT2D eigenvalue weighted by Gasteiger charge is 2.40. The highest BCUT2D eigenvalue weighted by atomic mass is 15.2. The number of para-hydroxylation sites is 2. The molecular weight excluding hydrogens is 681 g/mol. The second-order valence-electron chi connectivity index (χ2n) is 15.5. The number of amidine groups is 1. The zero-order valence-corrected chi connectivity index (χ0v) is 31.4. The lowest BCUT2D eigenvalue weighted by Crippen LogP contribution is -2.45. The van der Waals surface area contributed by atoms with Gasteiger partial charge in [0.15, 0.2) is 0 Å². The number of anilines is 1. The standard InChI is InChI=1S/C52H40N4/c1-52-31-15-28-47(56-48-26-13-11-24-44(48)54-51(56)37-19-6-3-7-20-37)43(52)33-42-41(49(52)39-30-29-35-16-8-9-21-38(35)32-39)23-14-27-46(42)55-45-25-12-10-22-40(45)34-53-50(55)36-17-4-2-5-18-36/h2-9,11-21,23-30,32-33H,10,22,31,34H2,1H3. The summed E-state index contributed by atoms with van der Waals surface area (Å²) in [6.07, 6.45) is 14.8. The van der Waals surface area contributed by atoms with Crippen LogP contribution >= 0.6 is 0 Å². The molecule has 4 aliphatic rings. The number of rotatable bonds is 5. The van der Waals surface area contributed by atoms with Gasteiger partial charge in [-0.2, -0.15) is 0 Å². The summed E-state index contributed by atoms with van der Waals surface area (Å²) in [5.74, 6) is 1.93. The molecule has 11 rings (SSSR count). The second kappa shape index (κ2) is 12.9. The summed E-state index contributed by atoms with van der Waals surface area (Å²) < 4.78 is 2.40. The van der Waals surface area contributed by atoms with Crippen LogP contribution in [0.4, 0.5) is 5.69 Å². The van der Waals surface area contributed by atoms with Crippen molar-refractivity contribution in [1.29, 1.82) is 0 Å². The van der Waals surface area contributed by atoms with Gasteiger partial charge < -0.3 is 0 Å². The lowest BCUT2D eigenvalue weighted by Gasteiger charge is -2.41. The summed E-state index contributed by atoms with van der Waals surface area (Å²) in [6, 6.07) is 52.5. The molecule has 1 aromatic heterocycles. The van der Waals surface area contributed by atoms with Crippen molar-refractivity contribution in [2.45, 2.75) is 26.2 Å². The van der Waals surface area contributed by atoms with Crippen LogP contribution in [0.3, 0.4) is 0 Å². The largest absolute Gasteiger partial charge is 0.294 e. The van der Waals surface area contributed by atoms with E-state index in [2.05, 4.69) is 192 Å². The number of hydrogen-bond donors (Lipinski definition) is 0. The van der Waals surface area contributed by atoms with Crippen LogP contribution in [-0.4, -0.2) is 21.9 Å². The summed E-state index contributed by atoms with van der Waals surface area (Å²) in [7, 11) is 0. The van der Waals surface area contributed by atoms with E-state index in [1.807, 2.05) is 0 Å². The Bertz CT molecular complexity index is 3030. The molecule has 1 atom stereocenters. The van der Waals surface area contributed by atoms with E-state index in [1.165, 1.54) is 49.2 Å². The van der Waals surface area contributed by atoms with E-state index < -0.39 is 0 Å². The molecule has 0 radical (unpaired) electrons. The first-order valence-electron chi connectivity index (χ1n) is 19.7. The van der Waals surface area contributed by atoms with Crippen LogP contribution in [0.25, 0.3) is 50.5 Å². The summed E-state index contributed by atoms with van der Waals surface area (Å²) in [4.78, 5) is 13.1. The van der Waals surface area contributed by atoms with E-state index in [-0.39, 0.29) is 5.41 Å². The lowest BCUT2D eigenvalue weighted by molar-refractivity contribution is 0.551. The van der Waals surface area contributed by atoms with Gasteiger partial charge in [0.05, 0.1) is 29.0 Å². The molecule has 7 aromatic rings. The third kappa shape index (κ3) is 5.06. The number of aromatic nitrogens is 2. The number of hydrogen-bond acceptors (Lipinski definition) is 3.